The van der Waals surface area contributed by atoms with Gasteiger partial charge in [-0.3, -0.25) is 0 Å². The first-order valence-corrected chi connectivity index (χ1v) is 13.9. The number of oxazole rings is 1. The van der Waals surface area contributed by atoms with Gasteiger partial charge in [0.25, 0.3) is 0 Å². The summed E-state index contributed by atoms with van der Waals surface area (Å²) in [4.78, 5) is 16.0. The molecule has 0 radical (unpaired) electrons. The van der Waals surface area contributed by atoms with Gasteiger partial charge in [-0.2, -0.15) is 0 Å². The number of esters is 1. The third-order valence-electron chi connectivity index (χ3n) is 5.25. The molecule has 3 aromatic carbocycles. The molecule has 152 valence electrons. The van der Waals surface area contributed by atoms with Crippen molar-refractivity contribution in [1.29, 1.82) is 0 Å². The van der Waals surface area contributed by atoms with Crippen LogP contribution in [0.4, 0.5) is 0 Å². The van der Waals surface area contributed by atoms with Crippen LogP contribution < -0.4 is 15.9 Å². The van der Waals surface area contributed by atoms with E-state index < -0.39 is 11.3 Å². The number of carbonyl (C=O) groups excluding carboxylic acids is 1. The number of aromatic nitrogens is 1. The van der Waals surface area contributed by atoms with Crippen molar-refractivity contribution >= 4 is 42.7 Å². The maximum absolute atomic E-state index is 11.9. The van der Waals surface area contributed by atoms with E-state index in [1.807, 2.05) is 54.6 Å². The summed E-state index contributed by atoms with van der Waals surface area (Å²) in [7, 11) is 1.31. The Morgan fingerprint density at radius 1 is 0.867 bits per heavy atom. The molecule has 1 heterocycles. The van der Waals surface area contributed by atoms with Crippen molar-refractivity contribution in [2.75, 3.05) is 7.11 Å². The van der Waals surface area contributed by atoms with E-state index >= 15 is 0 Å². The Balaban J connectivity index is 2.01. The van der Waals surface area contributed by atoms with Crippen molar-refractivity contribution in [2.24, 2.45) is 0 Å². The van der Waals surface area contributed by atoms with Crippen molar-refractivity contribution in [3.05, 3.63) is 109 Å². The fourth-order valence-electron chi connectivity index (χ4n) is 3.79. The zero-order valence-corrected chi connectivity index (χ0v) is 18.9. The Hall–Kier alpha value is -2.75. The van der Waals surface area contributed by atoms with E-state index in [1.165, 1.54) is 7.11 Å². The van der Waals surface area contributed by atoms with E-state index in [1.54, 1.807) is 6.20 Å². The molecule has 0 saturated heterocycles. The van der Waals surface area contributed by atoms with Crippen molar-refractivity contribution < 1.29 is 13.9 Å². The van der Waals surface area contributed by atoms with Gasteiger partial charge in [0.2, 0.25) is 0 Å². The summed E-state index contributed by atoms with van der Waals surface area (Å²) >= 11 is 4.34. The van der Waals surface area contributed by atoms with Crippen molar-refractivity contribution in [1.82, 2.24) is 4.98 Å². The van der Waals surface area contributed by atoms with Crippen LogP contribution in [0.3, 0.4) is 0 Å². The summed E-state index contributed by atoms with van der Waals surface area (Å²) in [6.45, 7) is 0. The van der Waals surface area contributed by atoms with Crippen LogP contribution >= 0.6 is 20.8 Å². The first kappa shape index (κ1) is 20.5. The van der Waals surface area contributed by atoms with Crippen LogP contribution in [0.2, 0.25) is 0 Å². The average molecular weight is 482 g/mol. The Labute approximate surface area is 183 Å². The van der Waals surface area contributed by atoms with Crippen LogP contribution in [0.15, 0.2) is 102 Å². The van der Waals surface area contributed by atoms with Crippen molar-refractivity contribution in [3.8, 4) is 0 Å². The summed E-state index contributed by atoms with van der Waals surface area (Å²) in [6.07, 6.45) is 2.14. The number of halogens is 1. The van der Waals surface area contributed by atoms with Crippen LogP contribution in [0, 0.1) is 0 Å². The van der Waals surface area contributed by atoms with E-state index in [4.69, 9.17) is 9.15 Å². The topological polar surface area (TPSA) is 52.3 Å². The number of hydrogen-bond acceptors (Lipinski definition) is 4. The van der Waals surface area contributed by atoms with E-state index in [9.17, 15) is 4.79 Å². The standard InChI is InChI=1S/C24H21BrNO3P/c1-28-24(27)23-26-17-19(29-23)18-30(25,20-11-5-2-6-12-20,21-13-7-3-8-14-21)22-15-9-4-10-16-22/h2-17H,18H2,1H3. The molecule has 0 aliphatic heterocycles. The summed E-state index contributed by atoms with van der Waals surface area (Å²) in [5, 5.41) is 0.305. The van der Waals surface area contributed by atoms with Crippen LogP contribution in [0.5, 0.6) is 0 Å². The third kappa shape index (κ3) is 3.38. The molecule has 0 unspecified atom stereocenters. The Morgan fingerprint density at radius 2 is 1.30 bits per heavy atom. The van der Waals surface area contributed by atoms with Gasteiger partial charge in [-0.15, -0.1) is 0 Å². The predicted octanol–water partition coefficient (Wildman–Crippen LogP) is 4.80. The zero-order chi connectivity index (χ0) is 21.1. The maximum atomic E-state index is 11.9. The molecule has 0 spiro atoms. The van der Waals surface area contributed by atoms with E-state index in [-0.39, 0.29) is 5.89 Å². The molecule has 4 rings (SSSR count). The van der Waals surface area contributed by atoms with E-state index in [0.29, 0.717) is 11.9 Å². The van der Waals surface area contributed by atoms with Gasteiger partial charge in [-0.25, -0.2) is 0 Å². The number of nitrogens with zero attached hydrogens (tertiary/aromatic N) is 1. The van der Waals surface area contributed by atoms with Crippen molar-refractivity contribution in [3.63, 3.8) is 0 Å². The summed E-state index contributed by atoms with van der Waals surface area (Å²) < 4.78 is 10.6. The summed E-state index contributed by atoms with van der Waals surface area (Å²) in [5.41, 5.74) is 0. The molecule has 0 aliphatic rings. The SMILES string of the molecule is COC(=O)c1ncc(CP(Br)(c2ccccc2)(c2ccccc2)c2ccccc2)o1. The molecule has 0 aliphatic carbocycles. The zero-order valence-electron chi connectivity index (χ0n) is 16.4. The quantitative estimate of drug-likeness (QED) is 0.293. The van der Waals surface area contributed by atoms with Gasteiger partial charge in [0.15, 0.2) is 0 Å². The molecule has 0 fully saturated rings. The molecule has 6 heteroatoms. The monoisotopic (exact) mass is 481 g/mol. The van der Waals surface area contributed by atoms with Crippen molar-refractivity contribution in [2.45, 2.75) is 6.16 Å². The number of methoxy groups -OCH3 is 1. The Morgan fingerprint density at radius 3 is 1.70 bits per heavy atom. The molecule has 0 bridgehead atoms. The molecule has 0 amide bonds. The number of benzene rings is 3. The Kier molecular flexibility index (Phi) is 5.59. The Bertz CT molecular complexity index is 1050. The molecular formula is C24H21BrNO3P. The molecule has 30 heavy (non-hydrogen) atoms. The van der Waals surface area contributed by atoms with Crippen LogP contribution in [0.25, 0.3) is 0 Å². The van der Waals surface area contributed by atoms with E-state index in [2.05, 4.69) is 56.9 Å². The van der Waals surface area contributed by atoms with Gasteiger partial charge in [-0.05, 0) is 0 Å². The molecule has 1 aromatic heterocycles. The normalized spacial score (nSPS) is 12.7. The number of hydrogen-bond donors (Lipinski definition) is 0. The first-order chi connectivity index (χ1) is 14.6. The second-order valence-corrected chi connectivity index (χ2v) is 15.9. The summed E-state index contributed by atoms with van der Waals surface area (Å²) in [5.74, 6) is -0.0176. The second-order valence-electron chi connectivity index (χ2n) is 6.97. The van der Waals surface area contributed by atoms with Gasteiger partial charge in [0.1, 0.15) is 0 Å². The molecule has 4 aromatic rings. The van der Waals surface area contributed by atoms with Crippen LogP contribution in [0.1, 0.15) is 16.4 Å². The second kappa shape index (κ2) is 8.17. The van der Waals surface area contributed by atoms with E-state index in [0.717, 1.165) is 15.9 Å². The van der Waals surface area contributed by atoms with Crippen LogP contribution in [-0.4, -0.2) is 18.1 Å². The first-order valence-electron chi connectivity index (χ1n) is 9.49. The minimum absolute atomic E-state index is 0.0424. The van der Waals surface area contributed by atoms with Crippen LogP contribution in [-0.2, 0) is 10.9 Å². The molecule has 0 atom stereocenters. The number of rotatable bonds is 6. The van der Waals surface area contributed by atoms with Gasteiger partial charge in [-0.1, -0.05) is 0 Å². The minimum atomic E-state index is -3.19. The molecular weight excluding hydrogens is 461 g/mol. The van der Waals surface area contributed by atoms with Gasteiger partial charge < -0.3 is 0 Å². The van der Waals surface area contributed by atoms with Gasteiger partial charge >= 0.3 is 184 Å². The van der Waals surface area contributed by atoms with Gasteiger partial charge in [0, 0.05) is 0 Å². The number of carbonyl (C=O) groups is 1. The average Bonchev–Trinajstić information content (AvgIpc) is 3.28. The molecule has 0 saturated carbocycles. The summed E-state index contributed by atoms with van der Waals surface area (Å²) in [6, 6.07) is 31.2. The predicted molar refractivity (Wildman–Crippen MR) is 126 cm³/mol. The third-order valence-corrected chi connectivity index (χ3v) is 14.7. The molecule has 4 nitrogen and oxygen atoms in total. The van der Waals surface area contributed by atoms with Gasteiger partial charge in [0.05, 0.1) is 0 Å². The fourth-order valence-corrected chi connectivity index (χ4v) is 11.2. The number of ether oxygens (including phenoxy) is 1. The fraction of sp³-hybridized carbons (Fsp3) is 0.0833. The molecule has 0 N–H and O–H groups in total.